The fourth-order valence-electron chi connectivity index (χ4n) is 3.54. The number of carbonyl (C=O) groups is 1. The maximum atomic E-state index is 12.8. The van der Waals surface area contributed by atoms with Crippen LogP contribution in [0.1, 0.15) is 28.4 Å². The molecule has 0 fully saturated rings. The molecule has 0 aromatic heterocycles. The highest BCUT2D eigenvalue weighted by atomic mass is 32.2. The zero-order valence-electron chi connectivity index (χ0n) is 16.0. The summed E-state index contributed by atoms with van der Waals surface area (Å²) in [6.45, 7) is 2.35. The minimum Gasteiger partial charge on any atom is -0.497 e. The molecule has 1 amide bonds. The van der Waals surface area contributed by atoms with E-state index in [0.29, 0.717) is 24.2 Å². The summed E-state index contributed by atoms with van der Waals surface area (Å²) in [5.41, 5.74) is 3.12. The third kappa shape index (κ3) is 3.93. The van der Waals surface area contributed by atoms with E-state index in [9.17, 15) is 13.2 Å². The number of hydrogen-bond acceptors (Lipinski definition) is 4. The predicted octanol–water partition coefficient (Wildman–Crippen LogP) is 2.68. The number of amides is 1. The zero-order valence-corrected chi connectivity index (χ0v) is 16.8. The van der Waals surface area contributed by atoms with Crippen molar-refractivity contribution in [3.63, 3.8) is 0 Å². The van der Waals surface area contributed by atoms with Crippen LogP contribution in [0.5, 0.6) is 5.75 Å². The molecule has 0 radical (unpaired) electrons. The monoisotopic (exact) mass is 388 g/mol. The molecule has 6 nitrogen and oxygen atoms in total. The Bertz CT molecular complexity index is 954. The molecule has 0 bridgehead atoms. The second-order valence-corrected chi connectivity index (χ2v) is 8.82. The van der Waals surface area contributed by atoms with Crippen LogP contribution < -0.4 is 9.04 Å². The first kappa shape index (κ1) is 19.2. The van der Waals surface area contributed by atoms with Gasteiger partial charge >= 0.3 is 0 Å². The Balaban J connectivity index is 1.78. The molecule has 1 aliphatic rings. The van der Waals surface area contributed by atoms with Gasteiger partial charge in [-0.05, 0) is 54.8 Å². The topological polar surface area (TPSA) is 66.9 Å². The number of fused-ring (bicyclic) bond motifs is 1. The minimum absolute atomic E-state index is 0.0981. The zero-order chi connectivity index (χ0) is 19.8. The lowest BCUT2D eigenvalue weighted by Crippen LogP contribution is -2.34. The van der Waals surface area contributed by atoms with Gasteiger partial charge in [0.2, 0.25) is 10.0 Å². The summed E-state index contributed by atoms with van der Waals surface area (Å²) in [4.78, 5) is 14.5. The normalized spacial score (nSPS) is 16.1. The Morgan fingerprint density at radius 3 is 2.48 bits per heavy atom. The predicted molar refractivity (Wildman–Crippen MR) is 106 cm³/mol. The maximum Gasteiger partial charge on any atom is 0.253 e. The first-order chi connectivity index (χ1) is 12.7. The van der Waals surface area contributed by atoms with Gasteiger partial charge in [0.1, 0.15) is 5.75 Å². The van der Waals surface area contributed by atoms with Crippen molar-refractivity contribution in [2.24, 2.45) is 0 Å². The van der Waals surface area contributed by atoms with Crippen molar-refractivity contribution in [1.29, 1.82) is 0 Å². The number of sulfonamides is 1. The van der Waals surface area contributed by atoms with Crippen molar-refractivity contribution in [2.75, 3.05) is 24.7 Å². The molecule has 0 N–H and O–H groups in total. The van der Waals surface area contributed by atoms with Gasteiger partial charge in [-0.25, -0.2) is 8.42 Å². The molecule has 0 spiro atoms. The molecule has 3 rings (SSSR count). The third-order valence-electron chi connectivity index (χ3n) is 4.76. The smallest absolute Gasteiger partial charge is 0.253 e. The lowest BCUT2D eigenvalue weighted by atomic mass is 10.1. The molecule has 1 aliphatic heterocycles. The number of hydrogen-bond donors (Lipinski definition) is 0. The number of benzene rings is 2. The van der Waals surface area contributed by atoms with Gasteiger partial charge in [0.05, 0.1) is 19.1 Å². The van der Waals surface area contributed by atoms with Crippen LogP contribution in [0, 0.1) is 0 Å². The van der Waals surface area contributed by atoms with E-state index in [1.807, 2.05) is 37.3 Å². The van der Waals surface area contributed by atoms with E-state index < -0.39 is 10.0 Å². The number of nitrogens with zero attached hydrogens (tertiary/aromatic N) is 2. The molecular formula is C20H24N2O4S. The van der Waals surface area contributed by atoms with Crippen LogP contribution in [0.4, 0.5) is 5.69 Å². The third-order valence-corrected chi connectivity index (χ3v) is 6.03. The molecule has 1 heterocycles. The van der Waals surface area contributed by atoms with Gasteiger partial charge in [0, 0.05) is 25.2 Å². The summed E-state index contributed by atoms with van der Waals surface area (Å²) >= 11 is 0. The molecule has 0 saturated carbocycles. The van der Waals surface area contributed by atoms with Crippen LogP contribution >= 0.6 is 0 Å². The van der Waals surface area contributed by atoms with E-state index in [1.165, 1.54) is 10.6 Å². The Hall–Kier alpha value is -2.54. The van der Waals surface area contributed by atoms with Crippen molar-refractivity contribution in [2.45, 2.75) is 25.9 Å². The molecule has 144 valence electrons. The van der Waals surface area contributed by atoms with Gasteiger partial charge in [-0.15, -0.1) is 0 Å². The molecule has 2 aromatic rings. The molecule has 0 unspecified atom stereocenters. The van der Waals surface area contributed by atoms with Crippen LogP contribution in [-0.4, -0.2) is 45.7 Å². The highest BCUT2D eigenvalue weighted by molar-refractivity contribution is 7.92. The summed E-state index contributed by atoms with van der Waals surface area (Å²) in [6.07, 6.45) is 1.81. The molecule has 7 heteroatoms. The van der Waals surface area contributed by atoms with Crippen molar-refractivity contribution >= 4 is 21.6 Å². The van der Waals surface area contributed by atoms with E-state index in [-0.39, 0.29) is 11.9 Å². The molecule has 0 saturated heterocycles. The minimum atomic E-state index is -3.33. The molecule has 27 heavy (non-hydrogen) atoms. The van der Waals surface area contributed by atoms with Gasteiger partial charge in [-0.1, -0.05) is 12.1 Å². The molecular weight excluding hydrogens is 364 g/mol. The molecule has 1 atom stereocenters. The Labute approximate surface area is 160 Å². The lowest BCUT2D eigenvalue weighted by molar-refractivity contribution is 0.0785. The van der Waals surface area contributed by atoms with E-state index in [2.05, 4.69) is 0 Å². The average molecular weight is 388 g/mol. The first-order valence-electron chi connectivity index (χ1n) is 8.71. The van der Waals surface area contributed by atoms with Crippen LogP contribution in [0.2, 0.25) is 0 Å². The highest BCUT2D eigenvalue weighted by Gasteiger charge is 2.33. The molecule has 2 aromatic carbocycles. The average Bonchev–Trinajstić information content (AvgIpc) is 2.96. The first-order valence-corrected chi connectivity index (χ1v) is 10.6. The largest absolute Gasteiger partial charge is 0.497 e. The lowest BCUT2D eigenvalue weighted by Gasteiger charge is -2.22. The van der Waals surface area contributed by atoms with Gasteiger partial charge in [-0.3, -0.25) is 9.10 Å². The standard InChI is InChI=1S/C20H24N2O4S/c1-14-11-17-12-16(7-10-19(17)22(14)27(4,24)25)20(23)21(2)13-15-5-8-18(26-3)9-6-15/h5-10,12,14H,11,13H2,1-4H3/t14-/m0/s1. The SMILES string of the molecule is COc1ccc(CN(C)C(=O)c2ccc3c(c2)C[C@H](C)N3S(C)(=O)=O)cc1. The van der Waals surface area contributed by atoms with Crippen LogP contribution in [-0.2, 0) is 23.0 Å². The molecule has 0 aliphatic carbocycles. The number of ether oxygens (including phenoxy) is 1. The van der Waals surface area contributed by atoms with Crippen LogP contribution in [0.15, 0.2) is 42.5 Å². The summed E-state index contributed by atoms with van der Waals surface area (Å²) in [5, 5.41) is 0. The highest BCUT2D eigenvalue weighted by Crippen LogP contribution is 2.34. The Morgan fingerprint density at radius 1 is 1.22 bits per heavy atom. The summed E-state index contributed by atoms with van der Waals surface area (Å²) in [5.74, 6) is 0.676. The van der Waals surface area contributed by atoms with Crippen molar-refractivity contribution in [3.05, 3.63) is 59.2 Å². The maximum absolute atomic E-state index is 12.8. The van der Waals surface area contributed by atoms with Crippen molar-refractivity contribution < 1.29 is 17.9 Å². The van der Waals surface area contributed by atoms with E-state index in [0.717, 1.165) is 16.9 Å². The van der Waals surface area contributed by atoms with Crippen molar-refractivity contribution in [1.82, 2.24) is 4.90 Å². The van der Waals surface area contributed by atoms with Crippen molar-refractivity contribution in [3.8, 4) is 5.75 Å². The van der Waals surface area contributed by atoms with E-state index in [1.54, 1.807) is 31.2 Å². The second kappa shape index (κ2) is 7.23. The van der Waals surface area contributed by atoms with Gasteiger partial charge in [0.25, 0.3) is 5.91 Å². The summed E-state index contributed by atoms with van der Waals surface area (Å²) < 4.78 is 30.6. The Morgan fingerprint density at radius 2 is 1.89 bits per heavy atom. The van der Waals surface area contributed by atoms with E-state index in [4.69, 9.17) is 4.74 Å². The van der Waals surface area contributed by atoms with E-state index >= 15 is 0 Å². The van der Waals surface area contributed by atoms with Crippen LogP contribution in [0.3, 0.4) is 0 Å². The summed E-state index contributed by atoms with van der Waals surface area (Å²) in [7, 11) is 0.0372. The quantitative estimate of drug-likeness (QED) is 0.790. The fraction of sp³-hybridized carbons (Fsp3) is 0.350. The number of carbonyl (C=O) groups excluding carboxylic acids is 1. The fourth-order valence-corrected chi connectivity index (χ4v) is 4.80. The Kier molecular flexibility index (Phi) is 5.15. The van der Waals surface area contributed by atoms with Gasteiger partial charge < -0.3 is 9.64 Å². The van der Waals surface area contributed by atoms with Gasteiger partial charge in [0.15, 0.2) is 0 Å². The number of methoxy groups -OCH3 is 1. The number of anilines is 1. The van der Waals surface area contributed by atoms with Crippen LogP contribution in [0.25, 0.3) is 0 Å². The van der Waals surface area contributed by atoms with Gasteiger partial charge in [-0.2, -0.15) is 0 Å². The number of rotatable bonds is 5. The second-order valence-electron chi connectivity index (χ2n) is 6.96. The summed E-state index contributed by atoms with van der Waals surface area (Å²) in [6, 6.07) is 12.7.